The van der Waals surface area contributed by atoms with Crippen LogP contribution in [0.25, 0.3) is 0 Å². The summed E-state index contributed by atoms with van der Waals surface area (Å²) >= 11 is 0. The van der Waals surface area contributed by atoms with Crippen molar-refractivity contribution in [3.63, 3.8) is 0 Å². The lowest BCUT2D eigenvalue weighted by Crippen LogP contribution is -2.12. The van der Waals surface area contributed by atoms with Crippen LogP contribution in [0.5, 0.6) is 0 Å². The van der Waals surface area contributed by atoms with Gasteiger partial charge in [0.1, 0.15) is 0 Å². The van der Waals surface area contributed by atoms with Gasteiger partial charge in [-0.05, 0) is 6.42 Å². The van der Waals surface area contributed by atoms with Crippen molar-refractivity contribution in [3.8, 4) is 0 Å². The highest BCUT2D eigenvalue weighted by Gasteiger charge is 2.13. The summed E-state index contributed by atoms with van der Waals surface area (Å²) in [7, 11) is 0.623. The van der Waals surface area contributed by atoms with Crippen LogP contribution in [-0.2, 0) is 14.0 Å². The van der Waals surface area contributed by atoms with Crippen LogP contribution in [0.15, 0.2) is 0 Å². The van der Waals surface area contributed by atoms with E-state index < -0.39 is 8.03 Å². The Labute approximate surface area is 67.4 Å². The molecule has 0 amide bonds. The van der Waals surface area contributed by atoms with Gasteiger partial charge < -0.3 is 14.4 Å². The molecular weight excluding hydrogens is 167 g/mol. The number of hydrogen-bond acceptors (Lipinski definition) is 3. The van der Waals surface area contributed by atoms with Gasteiger partial charge >= 0.3 is 0 Å². The van der Waals surface area contributed by atoms with E-state index in [4.69, 9.17) is 14.4 Å². The van der Waals surface area contributed by atoms with Crippen molar-refractivity contribution in [2.75, 3.05) is 27.4 Å². The lowest BCUT2D eigenvalue weighted by Gasteiger charge is -2.10. The molecule has 5 heteroatoms. The third-order valence-corrected chi connectivity index (χ3v) is 2.54. The van der Waals surface area contributed by atoms with Gasteiger partial charge in [-0.2, -0.15) is 0 Å². The quantitative estimate of drug-likeness (QED) is 0.608. The molecule has 0 aromatic heterocycles. The zero-order valence-corrected chi connectivity index (χ0v) is 7.87. The zero-order valence-electron chi connectivity index (χ0n) is 6.87. The van der Waals surface area contributed by atoms with Crippen molar-refractivity contribution in [1.29, 1.82) is 0 Å². The van der Waals surface area contributed by atoms with Gasteiger partial charge in [0, 0.05) is 20.8 Å². The van der Waals surface area contributed by atoms with Gasteiger partial charge in [-0.1, -0.05) is 0 Å². The Morgan fingerprint density at radius 1 is 1.45 bits per heavy atom. The van der Waals surface area contributed by atoms with Crippen molar-refractivity contribution in [2.24, 2.45) is 0 Å². The van der Waals surface area contributed by atoms with Crippen molar-refractivity contribution >= 4 is 8.03 Å². The van der Waals surface area contributed by atoms with Gasteiger partial charge in [-0.3, -0.25) is 4.57 Å². The molecule has 0 saturated heterocycles. The number of hydrogen-bond donors (Lipinski definition) is 1. The second-order valence-electron chi connectivity index (χ2n) is 2.27. The largest absolute Gasteiger partial charge is 0.385 e. The van der Waals surface area contributed by atoms with Gasteiger partial charge in [0.05, 0.1) is 12.3 Å². The highest BCUT2D eigenvalue weighted by molar-refractivity contribution is 7.38. The van der Waals surface area contributed by atoms with Gasteiger partial charge in [0.15, 0.2) is 8.03 Å². The smallest absolute Gasteiger partial charge is 0.194 e. The molecule has 0 saturated carbocycles. The van der Waals surface area contributed by atoms with Gasteiger partial charge in [0.2, 0.25) is 0 Å². The fraction of sp³-hybridized carbons (Fsp3) is 1.00. The standard InChI is InChI=1S/C6H15O4P/c1-9-4-3-6(5-10-2)11(7)8/h6,11H,3-5H2,1-2H3,(H,7,8). The number of rotatable bonds is 6. The zero-order chi connectivity index (χ0) is 8.69. The van der Waals surface area contributed by atoms with E-state index in [1.165, 1.54) is 7.11 Å². The number of methoxy groups -OCH3 is 2. The summed E-state index contributed by atoms with van der Waals surface area (Å²) < 4.78 is 20.2. The van der Waals surface area contributed by atoms with Crippen molar-refractivity contribution in [2.45, 2.75) is 12.1 Å². The summed E-state index contributed by atoms with van der Waals surface area (Å²) in [6.07, 6.45) is 0.582. The Kier molecular flexibility index (Phi) is 6.87. The summed E-state index contributed by atoms with van der Waals surface area (Å²) in [6, 6.07) is 0. The maximum atomic E-state index is 10.6. The highest BCUT2D eigenvalue weighted by Crippen LogP contribution is 2.25. The van der Waals surface area contributed by atoms with E-state index in [1.54, 1.807) is 7.11 Å². The molecule has 0 aliphatic heterocycles. The second kappa shape index (κ2) is 6.80. The van der Waals surface area contributed by atoms with Gasteiger partial charge in [-0.15, -0.1) is 0 Å². The van der Waals surface area contributed by atoms with Gasteiger partial charge in [-0.25, -0.2) is 0 Å². The SMILES string of the molecule is COCCC(COC)[PH](=O)O. The highest BCUT2D eigenvalue weighted by atomic mass is 31.1. The van der Waals surface area contributed by atoms with Crippen molar-refractivity contribution in [3.05, 3.63) is 0 Å². The summed E-state index contributed by atoms with van der Waals surface area (Å²) in [5, 5.41) is 0. The maximum absolute atomic E-state index is 10.6. The van der Waals surface area contributed by atoms with E-state index in [-0.39, 0.29) is 5.66 Å². The fourth-order valence-corrected chi connectivity index (χ4v) is 1.41. The lowest BCUT2D eigenvalue weighted by molar-refractivity contribution is 0.159. The minimum absolute atomic E-state index is 0.259. The van der Waals surface area contributed by atoms with Crippen LogP contribution in [0.4, 0.5) is 0 Å². The maximum Gasteiger partial charge on any atom is 0.194 e. The molecule has 2 unspecified atom stereocenters. The molecule has 0 aromatic carbocycles. The Balaban J connectivity index is 3.60. The van der Waals surface area contributed by atoms with Crippen LogP contribution in [0.2, 0.25) is 0 Å². The Hall–Kier alpha value is 0.110. The Morgan fingerprint density at radius 3 is 2.45 bits per heavy atom. The molecule has 0 aliphatic rings. The Morgan fingerprint density at radius 2 is 2.09 bits per heavy atom. The molecule has 0 fully saturated rings. The normalized spacial score (nSPS) is 16.3. The minimum Gasteiger partial charge on any atom is -0.385 e. The summed E-state index contributed by atoms with van der Waals surface area (Å²) in [5.41, 5.74) is -0.259. The monoisotopic (exact) mass is 182 g/mol. The van der Waals surface area contributed by atoms with Crippen LogP contribution in [-0.4, -0.2) is 38.0 Å². The van der Waals surface area contributed by atoms with Crippen LogP contribution < -0.4 is 0 Å². The molecule has 0 aromatic rings. The predicted octanol–water partition coefficient (Wildman–Crippen LogP) is 0.505. The predicted molar refractivity (Wildman–Crippen MR) is 43.4 cm³/mol. The summed E-state index contributed by atoms with van der Waals surface area (Å²) in [6.45, 7) is 0.836. The third-order valence-electron chi connectivity index (χ3n) is 1.39. The average Bonchev–Trinajstić information content (AvgIpc) is 1.97. The van der Waals surface area contributed by atoms with Gasteiger partial charge in [0.25, 0.3) is 0 Å². The Bertz CT molecular complexity index is 117. The van der Waals surface area contributed by atoms with E-state index in [0.29, 0.717) is 19.6 Å². The van der Waals surface area contributed by atoms with E-state index in [9.17, 15) is 4.57 Å². The summed E-state index contributed by atoms with van der Waals surface area (Å²) in [4.78, 5) is 8.78. The van der Waals surface area contributed by atoms with E-state index >= 15 is 0 Å². The number of ether oxygens (including phenoxy) is 2. The molecule has 0 radical (unpaired) electrons. The fourth-order valence-electron chi connectivity index (χ4n) is 0.739. The molecule has 0 aliphatic carbocycles. The van der Waals surface area contributed by atoms with E-state index in [2.05, 4.69) is 0 Å². The first-order valence-electron chi connectivity index (χ1n) is 3.43. The minimum atomic E-state index is -2.46. The molecular formula is C6H15O4P. The molecule has 2 atom stereocenters. The van der Waals surface area contributed by atoms with E-state index in [1.807, 2.05) is 0 Å². The molecule has 4 nitrogen and oxygen atoms in total. The van der Waals surface area contributed by atoms with Crippen LogP contribution in [0.3, 0.4) is 0 Å². The molecule has 1 N–H and O–H groups in total. The molecule has 0 spiro atoms. The van der Waals surface area contributed by atoms with Crippen LogP contribution >= 0.6 is 8.03 Å². The molecule has 0 bridgehead atoms. The van der Waals surface area contributed by atoms with Crippen LogP contribution in [0, 0.1) is 0 Å². The van der Waals surface area contributed by atoms with E-state index in [0.717, 1.165) is 0 Å². The second-order valence-corrected chi connectivity index (χ2v) is 3.76. The first kappa shape index (κ1) is 11.1. The lowest BCUT2D eigenvalue weighted by atomic mass is 10.3. The third kappa shape index (κ3) is 5.39. The molecule has 11 heavy (non-hydrogen) atoms. The summed E-state index contributed by atoms with van der Waals surface area (Å²) in [5.74, 6) is 0. The average molecular weight is 182 g/mol. The topological polar surface area (TPSA) is 55.8 Å². The first-order valence-corrected chi connectivity index (χ1v) is 4.86. The van der Waals surface area contributed by atoms with Crippen LogP contribution in [0.1, 0.15) is 6.42 Å². The molecule has 68 valence electrons. The molecule has 0 heterocycles. The van der Waals surface area contributed by atoms with Crippen molar-refractivity contribution in [1.82, 2.24) is 0 Å². The first-order chi connectivity index (χ1) is 5.22. The van der Waals surface area contributed by atoms with Crippen molar-refractivity contribution < 1.29 is 18.9 Å². The molecule has 0 rings (SSSR count).